The minimum absolute atomic E-state index is 0.0174. The molecule has 0 amide bonds. The second kappa shape index (κ2) is 6.75. The summed E-state index contributed by atoms with van der Waals surface area (Å²) >= 11 is 5.05. The summed E-state index contributed by atoms with van der Waals surface area (Å²) < 4.78 is 57.5. The fraction of sp³-hybridized carbons (Fsp3) is 0.0588. The summed E-state index contributed by atoms with van der Waals surface area (Å²) in [5, 5.41) is 5.09. The number of benzene rings is 2. The third-order valence-electron chi connectivity index (χ3n) is 3.43. The largest absolute Gasteiger partial charge is 0.423 e. The Labute approximate surface area is 149 Å². The Morgan fingerprint density at radius 2 is 1.77 bits per heavy atom. The van der Waals surface area contributed by atoms with E-state index in [1.807, 2.05) is 0 Å². The maximum Gasteiger partial charge on any atom is 0.417 e. The molecule has 0 radical (unpaired) electrons. The summed E-state index contributed by atoms with van der Waals surface area (Å²) in [6.45, 7) is 0. The summed E-state index contributed by atoms with van der Waals surface area (Å²) in [7, 11) is 0. The zero-order chi connectivity index (χ0) is 18.9. The number of nitrogens with one attached hydrogen (secondary N) is 2. The molecule has 0 saturated carbocycles. The molecule has 0 spiro atoms. The molecule has 9 heteroatoms. The molecule has 0 bridgehead atoms. The third kappa shape index (κ3) is 3.83. The highest BCUT2D eigenvalue weighted by Crippen LogP contribution is 2.34. The standard InChI is InChI=1S/C17H10F4N2O2S/c18-12-3-1-2-4-13(12)23-16(26)22-9-5-6-10-11(17(19,20)21)8-15(24)25-14(10)7-9/h1-8H,(H2,22,23,26). The van der Waals surface area contributed by atoms with Crippen molar-refractivity contribution in [1.82, 2.24) is 0 Å². The lowest BCUT2D eigenvalue weighted by atomic mass is 10.1. The normalized spacial score (nSPS) is 11.4. The van der Waals surface area contributed by atoms with Crippen molar-refractivity contribution >= 4 is 39.7 Å². The number of para-hydroxylation sites is 1. The molecule has 4 nitrogen and oxygen atoms in total. The van der Waals surface area contributed by atoms with Crippen molar-refractivity contribution in [2.24, 2.45) is 0 Å². The van der Waals surface area contributed by atoms with Gasteiger partial charge in [-0.15, -0.1) is 0 Å². The van der Waals surface area contributed by atoms with Gasteiger partial charge in [-0.25, -0.2) is 9.18 Å². The van der Waals surface area contributed by atoms with Gasteiger partial charge in [-0.3, -0.25) is 0 Å². The topological polar surface area (TPSA) is 54.3 Å². The summed E-state index contributed by atoms with van der Waals surface area (Å²) in [4.78, 5) is 11.4. The van der Waals surface area contributed by atoms with Crippen LogP contribution in [0, 0.1) is 5.82 Å². The van der Waals surface area contributed by atoms with Crippen LogP contribution in [0.5, 0.6) is 0 Å². The Hall–Kier alpha value is -2.94. The molecule has 2 aromatic carbocycles. The van der Waals surface area contributed by atoms with Gasteiger partial charge in [-0.1, -0.05) is 12.1 Å². The first-order valence-electron chi connectivity index (χ1n) is 7.22. The van der Waals surface area contributed by atoms with Crippen LogP contribution >= 0.6 is 12.2 Å². The molecule has 0 aliphatic carbocycles. The van der Waals surface area contributed by atoms with E-state index < -0.39 is 23.2 Å². The first-order chi connectivity index (χ1) is 12.2. The van der Waals surface area contributed by atoms with Crippen molar-refractivity contribution in [3.8, 4) is 0 Å². The van der Waals surface area contributed by atoms with Gasteiger partial charge in [-0.05, 0) is 36.5 Å². The predicted octanol–water partition coefficient (Wildman–Crippen LogP) is 4.76. The van der Waals surface area contributed by atoms with Gasteiger partial charge in [0.2, 0.25) is 0 Å². The van der Waals surface area contributed by atoms with Gasteiger partial charge in [0.05, 0.1) is 11.3 Å². The number of anilines is 2. The number of alkyl halides is 3. The highest BCUT2D eigenvalue weighted by atomic mass is 32.1. The highest BCUT2D eigenvalue weighted by Gasteiger charge is 2.33. The molecule has 0 aliphatic rings. The number of fused-ring (bicyclic) bond motifs is 1. The fourth-order valence-electron chi connectivity index (χ4n) is 2.32. The van der Waals surface area contributed by atoms with Crippen LogP contribution in [0.4, 0.5) is 28.9 Å². The molecule has 0 unspecified atom stereocenters. The smallest absolute Gasteiger partial charge is 0.417 e. The van der Waals surface area contributed by atoms with E-state index in [1.54, 1.807) is 6.07 Å². The summed E-state index contributed by atoms with van der Waals surface area (Å²) in [5.74, 6) is -0.518. The van der Waals surface area contributed by atoms with Crippen LogP contribution in [0.15, 0.2) is 57.7 Å². The van der Waals surface area contributed by atoms with E-state index in [0.29, 0.717) is 6.07 Å². The molecular weight excluding hydrogens is 372 g/mol. The molecule has 0 atom stereocenters. The monoisotopic (exact) mass is 382 g/mol. The lowest BCUT2D eigenvalue weighted by molar-refractivity contribution is -0.136. The fourth-order valence-corrected chi connectivity index (χ4v) is 2.55. The van der Waals surface area contributed by atoms with E-state index in [-0.39, 0.29) is 27.5 Å². The molecule has 3 aromatic rings. The van der Waals surface area contributed by atoms with E-state index in [2.05, 4.69) is 10.6 Å². The summed E-state index contributed by atoms with van der Waals surface area (Å²) in [6.07, 6.45) is -4.69. The molecule has 26 heavy (non-hydrogen) atoms. The lowest BCUT2D eigenvalue weighted by Crippen LogP contribution is -2.19. The van der Waals surface area contributed by atoms with Crippen LogP contribution in [0.1, 0.15) is 5.56 Å². The van der Waals surface area contributed by atoms with Gasteiger partial charge < -0.3 is 15.1 Å². The van der Waals surface area contributed by atoms with Crippen molar-refractivity contribution in [3.05, 3.63) is 70.3 Å². The minimum Gasteiger partial charge on any atom is -0.423 e. The number of hydrogen-bond donors (Lipinski definition) is 2. The van der Waals surface area contributed by atoms with E-state index in [1.165, 1.54) is 30.3 Å². The van der Waals surface area contributed by atoms with Gasteiger partial charge in [0, 0.05) is 23.2 Å². The van der Waals surface area contributed by atoms with Crippen molar-refractivity contribution in [3.63, 3.8) is 0 Å². The Bertz CT molecular complexity index is 1050. The van der Waals surface area contributed by atoms with Crippen molar-refractivity contribution in [1.29, 1.82) is 0 Å². The minimum atomic E-state index is -4.69. The zero-order valence-corrected chi connectivity index (χ0v) is 13.7. The highest BCUT2D eigenvalue weighted by molar-refractivity contribution is 7.80. The van der Waals surface area contributed by atoms with Gasteiger partial charge in [0.1, 0.15) is 11.4 Å². The Kier molecular flexibility index (Phi) is 4.64. The second-order valence-electron chi connectivity index (χ2n) is 5.25. The Balaban J connectivity index is 1.89. The number of rotatable bonds is 2. The average Bonchev–Trinajstić information content (AvgIpc) is 2.55. The average molecular weight is 382 g/mol. The second-order valence-corrected chi connectivity index (χ2v) is 5.66. The van der Waals surface area contributed by atoms with Crippen molar-refractivity contribution in [2.75, 3.05) is 10.6 Å². The Morgan fingerprint density at radius 3 is 2.46 bits per heavy atom. The van der Waals surface area contributed by atoms with Gasteiger partial charge in [-0.2, -0.15) is 13.2 Å². The maximum absolute atomic E-state index is 13.6. The van der Waals surface area contributed by atoms with E-state index in [9.17, 15) is 22.4 Å². The molecule has 2 N–H and O–H groups in total. The molecule has 0 saturated heterocycles. The van der Waals surface area contributed by atoms with Crippen LogP contribution in [0.3, 0.4) is 0 Å². The first kappa shape index (κ1) is 17.9. The van der Waals surface area contributed by atoms with Crippen LogP contribution in [-0.2, 0) is 6.18 Å². The van der Waals surface area contributed by atoms with Crippen molar-refractivity contribution < 1.29 is 22.0 Å². The number of hydrogen-bond acceptors (Lipinski definition) is 3. The number of halogens is 4. The van der Waals surface area contributed by atoms with Gasteiger partial charge in [0.25, 0.3) is 0 Å². The maximum atomic E-state index is 13.6. The first-order valence-corrected chi connectivity index (χ1v) is 7.62. The molecular formula is C17H10F4N2O2S. The summed E-state index contributed by atoms with van der Waals surface area (Å²) in [5.41, 5.74) is -2.04. The van der Waals surface area contributed by atoms with Crippen LogP contribution in [0.2, 0.25) is 0 Å². The molecule has 1 heterocycles. The van der Waals surface area contributed by atoms with Crippen LogP contribution in [0.25, 0.3) is 11.0 Å². The number of thiocarbonyl (C=S) groups is 1. The summed E-state index contributed by atoms with van der Waals surface area (Å²) in [6, 6.07) is 9.95. The molecule has 3 rings (SSSR count). The molecule has 134 valence electrons. The molecule has 1 aromatic heterocycles. The zero-order valence-electron chi connectivity index (χ0n) is 12.9. The van der Waals surface area contributed by atoms with Crippen LogP contribution in [-0.4, -0.2) is 5.11 Å². The molecule has 0 fully saturated rings. The van der Waals surface area contributed by atoms with E-state index >= 15 is 0 Å². The quantitative estimate of drug-likeness (QED) is 0.380. The van der Waals surface area contributed by atoms with Gasteiger partial charge in [0.15, 0.2) is 5.11 Å². The van der Waals surface area contributed by atoms with Gasteiger partial charge >= 0.3 is 11.8 Å². The van der Waals surface area contributed by atoms with Crippen LogP contribution < -0.4 is 16.3 Å². The third-order valence-corrected chi connectivity index (χ3v) is 3.63. The SMILES string of the molecule is O=c1cc(C(F)(F)F)c2ccc(NC(=S)Nc3ccccc3F)cc2o1. The van der Waals surface area contributed by atoms with E-state index in [0.717, 1.165) is 6.07 Å². The van der Waals surface area contributed by atoms with Crippen molar-refractivity contribution in [2.45, 2.75) is 6.18 Å². The Morgan fingerprint density at radius 1 is 1.04 bits per heavy atom. The lowest BCUT2D eigenvalue weighted by Gasteiger charge is -2.13. The molecule has 0 aliphatic heterocycles. The predicted molar refractivity (Wildman–Crippen MR) is 93.7 cm³/mol. The van der Waals surface area contributed by atoms with E-state index in [4.69, 9.17) is 16.6 Å².